The zero-order chi connectivity index (χ0) is 31.8. The molecule has 0 radical (unpaired) electrons. The monoisotopic (exact) mass is 635 g/mol. The average molecular weight is 636 g/mol. The first-order chi connectivity index (χ1) is 20.7. The van der Waals surface area contributed by atoms with Gasteiger partial charge >= 0.3 is 6.18 Å². The number of phenols is 1. The molecule has 2 aliphatic heterocycles. The number of hydrogen-bond donors (Lipinski definition) is 7. The van der Waals surface area contributed by atoms with Crippen LogP contribution in [0.15, 0.2) is 36.4 Å². The molecule has 13 nitrogen and oxygen atoms in total. The van der Waals surface area contributed by atoms with Gasteiger partial charge in [0, 0.05) is 61.1 Å². The number of halogens is 4. The molecule has 44 heavy (non-hydrogen) atoms. The molecule has 0 bridgehead atoms. The van der Waals surface area contributed by atoms with Crippen molar-refractivity contribution in [2.45, 2.75) is 43.2 Å². The van der Waals surface area contributed by atoms with Crippen LogP contribution < -0.4 is 43.4 Å². The highest BCUT2D eigenvalue weighted by Gasteiger charge is 2.35. The van der Waals surface area contributed by atoms with Gasteiger partial charge in [0.25, 0.3) is 5.91 Å². The number of piperidine rings is 2. The van der Waals surface area contributed by atoms with Gasteiger partial charge < -0.3 is 48.5 Å². The summed E-state index contributed by atoms with van der Waals surface area (Å²) in [5.74, 6) is -0.957. The molecule has 2 fully saturated rings. The maximum atomic E-state index is 14.2. The fraction of sp³-hybridized carbons (Fsp3) is 0.407. The zero-order valence-electron chi connectivity index (χ0n) is 23.4. The minimum Gasteiger partial charge on any atom is -0.507 e. The van der Waals surface area contributed by atoms with Crippen molar-refractivity contribution in [1.29, 1.82) is 0 Å². The van der Waals surface area contributed by atoms with Crippen molar-refractivity contribution in [2.75, 3.05) is 46.6 Å². The van der Waals surface area contributed by atoms with E-state index in [9.17, 15) is 23.1 Å². The smallest absolute Gasteiger partial charge is 0.418 e. The molecule has 3 aromatic rings. The van der Waals surface area contributed by atoms with Crippen LogP contribution in [0.4, 0.5) is 42.4 Å². The van der Waals surface area contributed by atoms with E-state index in [2.05, 4.69) is 25.6 Å². The van der Waals surface area contributed by atoms with Crippen LogP contribution in [0.3, 0.4) is 0 Å². The van der Waals surface area contributed by atoms with E-state index < -0.39 is 29.1 Å². The largest absolute Gasteiger partial charge is 0.507 e. The van der Waals surface area contributed by atoms with Gasteiger partial charge in [0.15, 0.2) is 0 Å². The van der Waals surface area contributed by atoms with Gasteiger partial charge in [0.05, 0.1) is 16.8 Å². The zero-order valence-corrected chi connectivity index (χ0v) is 24.2. The SMILES string of the molecule is N[C@@H]1C[C@H](N)CN(c2nc(Nc3ccc(NC(=O)c4ccc(Cl)cc4O)c(C(F)(F)F)c3)nc(N3C[C@H](N)C[C@H](N)C3)n2)C1. The summed E-state index contributed by atoms with van der Waals surface area (Å²) in [7, 11) is 0. The van der Waals surface area contributed by atoms with Crippen molar-refractivity contribution >= 4 is 46.7 Å². The van der Waals surface area contributed by atoms with E-state index in [1.165, 1.54) is 18.2 Å². The number of anilines is 5. The molecule has 236 valence electrons. The molecule has 0 unspecified atom stereocenters. The van der Waals surface area contributed by atoms with Crippen molar-refractivity contribution in [1.82, 2.24) is 15.0 Å². The quantitative estimate of drug-likeness (QED) is 0.207. The Morgan fingerprint density at radius 1 is 0.864 bits per heavy atom. The first kappa shape index (κ1) is 31.5. The van der Waals surface area contributed by atoms with Gasteiger partial charge in [-0.3, -0.25) is 4.79 Å². The lowest BCUT2D eigenvalue weighted by Gasteiger charge is -2.37. The molecule has 3 heterocycles. The third-order valence-electron chi connectivity index (χ3n) is 7.24. The summed E-state index contributed by atoms with van der Waals surface area (Å²) in [5, 5.41) is 15.3. The number of benzene rings is 2. The summed E-state index contributed by atoms with van der Waals surface area (Å²) in [6.07, 6.45) is -3.61. The van der Waals surface area contributed by atoms with E-state index in [4.69, 9.17) is 34.5 Å². The van der Waals surface area contributed by atoms with Gasteiger partial charge in [0.1, 0.15) is 5.75 Å². The number of amides is 1. The summed E-state index contributed by atoms with van der Waals surface area (Å²) in [5.41, 5.74) is 22.8. The van der Waals surface area contributed by atoms with E-state index >= 15 is 0 Å². The molecular formula is C27H33ClF3N11O2. The normalized spacial score (nSPS) is 22.5. The number of carbonyl (C=O) groups is 1. The number of hydrogen-bond acceptors (Lipinski definition) is 12. The second-order valence-electron chi connectivity index (χ2n) is 11.1. The highest BCUT2D eigenvalue weighted by atomic mass is 35.5. The maximum Gasteiger partial charge on any atom is 0.418 e. The van der Waals surface area contributed by atoms with Crippen LogP contribution in [0, 0.1) is 0 Å². The molecule has 2 saturated heterocycles. The molecule has 0 spiro atoms. The van der Waals surface area contributed by atoms with Crippen LogP contribution in [-0.4, -0.2) is 76.3 Å². The van der Waals surface area contributed by atoms with Crippen LogP contribution in [0.2, 0.25) is 5.02 Å². The maximum absolute atomic E-state index is 14.2. The molecule has 1 aromatic heterocycles. The van der Waals surface area contributed by atoms with E-state index in [1.54, 1.807) is 0 Å². The lowest BCUT2D eigenvalue weighted by atomic mass is 10.0. The van der Waals surface area contributed by atoms with Crippen molar-refractivity contribution in [3.05, 3.63) is 52.5 Å². The molecular weight excluding hydrogens is 603 g/mol. The molecule has 11 N–H and O–H groups in total. The highest BCUT2D eigenvalue weighted by Crippen LogP contribution is 2.38. The fourth-order valence-electron chi connectivity index (χ4n) is 5.36. The summed E-state index contributed by atoms with van der Waals surface area (Å²) >= 11 is 5.79. The number of aromatic nitrogens is 3. The molecule has 5 rings (SSSR count). The third-order valence-corrected chi connectivity index (χ3v) is 7.48. The number of aromatic hydroxyl groups is 1. The molecule has 2 aliphatic rings. The number of alkyl halides is 3. The lowest BCUT2D eigenvalue weighted by molar-refractivity contribution is -0.136. The fourth-order valence-corrected chi connectivity index (χ4v) is 5.52. The Bertz CT molecular complexity index is 1460. The van der Waals surface area contributed by atoms with Gasteiger partial charge in [-0.1, -0.05) is 11.6 Å². The molecule has 4 atom stereocenters. The van der Waals surface area contributed by atoms with Gasteiger partial charge in [-0.2, -0.15) is 28.1 Å². The number of nitrogens with zero attached hydrogens (tertiary/aromatic N) is 5. The Balaban J connectivity index is 1.47. The van der Waals surface area contributed by atoms with E-state index in [-0.39, 0.29) is 58.3 Å². The Hall–Kier alpha value is -3.96. The van der Waals surface area contributed by atoms with E-state index in [0.29, 0.717) is 39.0 Å². The van der Waals surface area contributed by atoms with Crippen LogP contribution in [-0.2, 0) is 6.18 Å². The van der Waals surface area contributed by atoms with Crippen LogP contribution >= 0.6 is 11.6 Å². The first-order valence-corrected chi connectivity index (χ1v) is 14.2. The second-order valence-corrected chi connectivity index (χ2v) is 11.5. The standard InChI is InChI=1S/C27H33ClF3N11O2/c28-13-1-3-19(22(43)5-13)23(44)37-21-4-2-18(8-20(21)27(29,30)31)36-24-38-25(41-9-14(32)6-15(33)10-41)40-26(39-24)42-11-16(34)7-17(35)12-42/h1-5,8,14-17,43H,6-7,9-12,32-35H2,(H,37,44)(H,36,38,39,40)/t14-,15+,16-,17+. The Morgan fingerprint density at radius 2 is 1.41 bits per heavy atom. The third kappa shape index (κ3) is 7.39. The van der Waals surface area contributed by atoms with E-state index in [0.717, 1.165) is 18.2 Å². The number of carbonyl (C=O) groups excluding carboxylic acids is 1. The topological polar surface area (TPSA) is 211 Å². The Morgan fingerprint density at radius 3 is 1.91 bits per heavy atom. The first-order valence-electron chi connectivity index (χ1n) is 13.8. The minimum atomic E-state index is -4.85. The number of nitrogens with two attached hydrogens (primary N) is 4. The minimum absolute atomic E-state index is 0.00754. The molecule has 1 amide bonds. The lowest BCUT2D eigenvalue weighted by Crippen LogP contribution is -2.54. The van der Waals surface area contributed by atoms with Crippen molar-refractivity contribution in [2.24, 2.45) is 22.9 Å². The van der Waals surface area contributed by atoms with Crippen LogP contribution in [0.25, 0.3) is 0 Å². The van der Waals surface area contributed by atoms with Crippen LogP contribution in [0.1, 0.15) is 28.8 Å². The molecule has 0 aliphatic carbocycles. The van der Waals surface area contributed by atoms with E-state index in [1.807, 2.05) is 9.80 Å². The summed E-state index contributed by atoms with van der Waals surface area (Å²) < 4.78 is 42.5. The summed E-state index contributed by atoms with van der Waals surface area (Å²) in [6, 6.07) is 6.00. The summed E-state index contributed by atoms with van der Waals surface area (Å²) in [6.45, 7) is 1.69. The van der Waals surface area contributed by atoms with Gasteiger partial charge in [-0.15, -0.1) is 0 Å². The number of rotatable bonds is 6. The van der Waals surface area contributed by atoms with Gasteiger partial charge in [0.2, 0.25) is 17.8 Å². The number of phenolic OH excluding ortho intramolecular Hbond substituents is 1. The summed E-state index contributed by atoms with van der Waals surface area (Å²) in [4.78, 5) is 29.9. The Labute approximate surface area is 255 Å². The molecule has 0 saturated carbocycles. The second kappa shape index (κ2) is 12.6. The van der Waals surface area contributed by atoms with Crippen molar-refractivity contribution in [3.8, 4) is 5.75 Å². The predicted molar refractivity (Wildman–Crippen MR) is 161 cm³/mol. The highest BCUT2D eigenvalue weighted by molar-refractivity contribution is 6.31. The molecule has 17 heteroatoms. The van der Waals surface area contributed by atoms with Crippen molar-refractivity contribution in [3.63, 3.8) is 0 Å². The van der Waals surface area contributed by atoms with Crippen molar-refractivity contribution < 1.29 is 23.1 Å². The predicted octanol–water partition coefficient (Wildman–Crippen LogP) is 1.97. The van der Waals surface area contributed by atoms with Gasteiger partial charge in [-0.05, 0) is 49.2 Å². The van der Waals surface area contributed by atoms with Gasteiger partial charge in [-0.25, -0.2) is 0 Å². The Kier molecular flexibility index (Phi) is 8.99. The van der Waals surface area contributed by atoms with Crippen LogP contribution in [0.5, 0.6) is 5.75 Å². The number of nitrogens with one attached hydrogen (secondary N) is 2. The molecule has 2 aromatic carbocycles. The average Bonchev–Trinajstić information content (AvgIpc) is 2.92.